The predicted molar refractivity (Wildman–Crippen MR) is 179 cm³/mol. The van der Waals surface area contributed by atoms with Gasteiger partial charge in [-0.05, 0) is 145 Å². The highest BCUT2D eigenvalue weighted by atomic mass is 16.3. The maximum absolute atomic E-state index is 9.60. The second-order valence-corrected chi connectivity index (χ2v) is 16.6. The lowest BCUT2D eigenvalue weighted by Gasteiger charge is -2.37. The van der Waals surface area contributed by atoms with Gasteiger partial charge in [0.15, 0.2) is 0 Å². The van der Waals surface area contributed by atoms with Crippen LogP contribution < -0.4 is 0 Å². The van der Waals surface area contributed by atoms with Gasteiger partial charge in [-0.1, -0.05) is 6.42 Å². The van der Waals surface area contributed by atoms with Crippen LogP contribution in [0.3, 0.4) is 0 Å². The van der Waals surface area contributed by atoms with Gasteiger partial charge in [0.2, 0.25) is 0 Å². The lowest BCUT2D eigenvalue weighted by atomic mass is 9.98. The van der Waals surface area contributed by atoms with E-state index in [1.807, 2.05) is 0 Å². The Morgan fingerprint density at radius 1 is 0.372 bits per heavy atom. The Bertz CT molecular complexity index is 781. The standard InChI is InChI=1S/C10H19N.2C9H17NO.C9H17N/c1-8(2)11-9-4-3-5-10(11)7-6-9;2*1-6(2)10-7-3-4-8(10)9(11)5-7;1-7(2)10-8-3-4-9(10)6-5-8/h8-10H,3-7H2,1-2H3;2*6-9,11H,3-5H2,1-2H3;7-9H,3-6H2,1-2H3. The molecule has 8 aliphatic heterocycles. The van der Waals surface area contributed by atoms with Crippen LogP contribution in [-0.2, 0) is 0 Å². The molecule has 0 aromatic heterocycles. The number of hydrogen-bond donors (Lipinski definition) is 2. The molecule has 8 rings (SSSR count). The first kappa shape index (κ1) is 34.1. The molecule has 2 N–H and O–H groups in total. The molecular formula is C37H70N4O2. The highest BCUT2D eigenvalue weighted by molar-refractivity contribution is 5.02. The smallest absolute Gasteiger partial charge is 0.0710 e. The molecular weight excluding hydrogens is 532 g/mol. The van der Waals surface area contributed by atoms with Crippen molar-refractivity contribution in [2.45, 2.75) is 236 Å². The summed E-state index contributed by atoms with van der Waals surface area (Å²) in [6.45, 7) is 18.2. The Balaban J connectivity index is 0.000000114. The van der Waals surface area contributed by atoms with E-state index in [2.05, 4.69) is 75.0 Å². The number of aliphatic hydroxyl groups is 2. The first-order chi connectivity index (χ1) is 20.5. The van der Waals surface area contributed by atoms with Gasteiger partial charge in [-0.15, -0.1) is 0 Å². The Labute approximate surface area is 265 Å². The Kier molecular flexibility index (Phi) is 11.6. The van der Waals surface area contributed by atoms with E-state index in [9.17, 15) is 10.2 Å². The average Bonchev–Trinajstić information content (AvgIpc) is 3.81. The molecule has 8 atom stereocenters. The van der Waals surface area contributed by atoms with Gasteiger partial charge in [0.05, 0.1) is 12.2 Å². The zero-order valence-electron chi connectivity index (χ0n) is 29.4. The van der Waals surface area contributed by atoms with E-state index >= 15 is 0 Å². The van der Waals surface area contributed by atoms with Crippen molar-refractivity contribution >= 4 is 0 Å². The van der Waals surface area contributed by atoms with Gasteiger partial charge in [0, 0.05) is 72.5 Å². The fraction of sp³-hybridized carbons (Fsp3) is 1.00. The monoisotopic (exact) mass is 603 g/mol. The average molecular weight is 603 g/mol. The van der Waals surface area contributed by atoms with E-state index in [-0.39, 0.29) is 12.2 Å². The van der Waals surface area contributed by atoms with Crippen molar-refractivity contribution in [3.8, 4) is 0 Å². The van der Waals surface area contributed by atoms with Crippen LogP contribution in [0.4, 0.5) is 0 Å². The number of hydrogen-bond acceptors (Lipinski definition) is 6. The van der Waals surface area contributed by atoms with Crippen LogP contribution in [0.2, 0.25) is 0 Å². The van der Waals surface area contributed by atoms with E-state index in [1.54, 1.807) is 0 Å². The summed E-state index contributed by atoms with van der Waals surface area (Å²) in [5.74, 6) is 0. The first-order valence-corrected chi connectivity index (χ1v) is 18.9. The zero-order valence-corrected chi connectivity index (χ0v) is 29.4. The molecule has 0 aromatic carbocycles. The lowest BCUT2D eigenvalue weighted by molar-refractivity contribution is 0.104. The molecule has 8 heterocycles. The van der Waals surface area contributed by atoms with Crippen LogP contribution in [0.1, 0.15) is 152 Å². The second kappa shape index (κ2) is 14.7. The third kappa shape index (κ3) is 7.35. The summed E-state index contributed by atoms with van der Waals surface area (Å²) < 4.78 is 0. The van der Waals surface area contributed by atoms with E-state index in [0.29, 0.717) is 36.3 Å². The highest BCUT2D eigenvalue weighted by Gasteiger charge is 2.47. The summed E-state index contributed by atoms with van der Waals surface area (Å²) in [5.41, 5.74) is 0. The molecule has 250 valence electrons. The van der Waals surface area contributed by atoms with Gasteiger partial charge in [0.25, 0.3) is 0 Å². The van der Waals surface area contributed by atoms with Crippen molar-refractivity contribution in [3.63, 3.8) is 0 Å². The van der Waals surface area contributed by atoms with Gasteiger partial charge >= 0.3 is 0 Å². The van der Waals surface area contributed by atoms with Gasteiger partial charge < -0.3 is 10.2 Å². The maximum atomic E-state index is 9.60. The quantitative estimate of drug-likeness (QED) is 0.388. The molecule has 6 nitrogen and oxygen atoms in total. The normalized spacial score (nSPS) is 41.7. The van der Waals surface area contributed by atoms with E-state index < -0.39 is 0 Å². The topological polar surface area (TPSA) is 53.4 Å². The number of aliphatic hydroxyl groups excluding tert-OH is 2. The molecule has 0 amide bonds. The van der Waals surface area contributed by atoms with Crippen molar-refractivity contribution in [2.24, 2.45) is 0 Å². The van der Waals surface area contributed by atoms with Crippen molar-refractivity contribution in [1.29, 1.82) is 0 Å². The summed E-state index contributed by atoms with van der Waals surface area (Å²) in [5, 5.41) is 19.2. The minimum atomic E-state index is -0.0313. The SMILES string of the molecule is CC(C)N1C2CCC1C(O)C2.CC(C)N1C2CCC1C(O)C2.CC(C)N1C2CCC1CC2.CC(C)N1C2CCCC1CC2. The number of rotatable bonds is 4. The molecule has 8 saturated heterocycles. The zero-order chi connectivity index (χ0) is 31.0. The first-order valence-electron chi connectivity index (χ1n) is 18.9. The molecule has 43 heavy (non-hydrogen) atoms. The fourth-order valence-electron chi connectivity index (χ4n) is 11.4. The van der Waals surface area contributed by atoms with Crippen LogP contribution >= 0.6 is 0 Å². The molecule has 0 saturated carbocycles. The molecule has 0 spiro atoms. The van der Waals surface area contributed by atoms with Crippen LogP contribution in [-0.4, -0.2) is 115 Å². The van der Waals surface area contributed by atoms with E-state index in [1.165, 1.54) is 83.5 Å². The number of nitrogens with zero attached hydrogens (tertiary/aromatic N) is 4. The minimum absolute atomic E-state index is 0.0313. The summed E-state index contributed by atoms with van der Waals surface area (Å²) >= 11 is 0. The Morgan fingerprint density at radius 3 is 0.837 bits per heavy atom. The minimum Gasteiger partial charge on any atom is -0.391 e. The van der Waals surface area contributed by atoms with Gasteiger partial charge in [0.1, 0.15) is 0 Å². The predicted octanol–water partition coefficient (Wildman–Crippen LogP) is 6.42. The Morgan fingerprint density at radius 2 is 0.651 bits per heavy atom. The molecule has 0 aliphatic carbocycles. The van der Waals surface area contributed by atoms with Crippen molar-refractivity contribution in [3.05, 3.63) is 0 Å². The van der Waals surface area contributed by atoms with Gasteiger partial charge in [-0.25, -0.2) is 0 Å². The molecule has 8 bridgehead atoms. The Hall–Kier alpha value is -0.240. The maximum Gasteiger partial charge on any atom is 0.0710 e. The second-order valence-electron chi connectivity index (χ2n) is 16.6. The van der Waals surface area contributed by atoms with Crippen molar-refractivity contribution in [1.82, 2.24) is 19.6 Å². The summed E-state index contributed by atoms with van der Waals surface area (Å²) in [7, 11) is 0. The summed E-state index contributed by atoms with van der Waals surface area (Å²) in [6.07, 6.45) is 20.3. The highest BCUT2D eigenvalue weighted by Crippen LogP contribution is 2.41. The van der Waals surface area contributed by atoms with Crippen molar-refractivity contribution in [2.75, 3.05) is 0 Å². The van der Waals surface area contributed by atoms with E-state index in [4.69, 9.17) is 0 Å². The van der Waals surface area contributed by atoms with E-state index in [0.717, 1.165) is 49.1 Å². The largest absolute Gasteiger partial charge is 0.391 e. The van der Waals surface area contributed by atoms with Crippen LogP contribution in [0.5, 0.6) is 0 Å². The molecule has 0 radical (unpaired) electrons. The summed E-state index contributed by atoms with van der Waals surface area (Å²) in [6, 6.07) is 8.99. The van der Waals surface area contributed by atoms with Gasteiger partial charge in [-0.2, -0.15) is 0 Å². The number of piperidine rings is 1. The molecule has 8 aliphatic rings. The molecule has 6 heteroatoms. The fourth-order valence-corrected chi connectivity index (χ4v) is 11.4. The van der Waals surface area contributed by atoms with Crippen LogP contribution in [0.25, 0.3) is 0 Å². The number of fused-ring (bicyclic) bond motifs is 8. The summed E-state index contributed by atoms with van der Waals surface area (Å²) in [4.78, 5) is 10.5. The van der Waals surface area contributed by atoms with Crippen molar-refractivity contribution < 1.29 is 10.2 Å². The molecule has 8 fully saturated rings. The molecule has 0 aromatic rings. The van der Waals surface area contributed by atoms with Crippen LogP contribution in [0, 0.1) is 0 Å². The third-order valence-corrected chi connectivity index (χ3v) is 12.8. The third-order valence-electron chi connectivity index (χ3n) is 12.8. The van der Waals surface area contributed by atoms with Gasteiger partial charge in [-0.3, -0.25) is 19.6 Å². The lowest BCUT2D eigenvalue weighted by Crippen LogP contribution is -2.43. The van der Waals surface area contributed by atoms with Crippen LogP contribution in [0.15, 0.2) is 0 Å². The molecule has 8 unspecified atom stereocenters.